The number of hydrogen-bond donors (Lipinski definition) is 2. The van der Waals surface area contributed by atoms with Crippen molar-refractivity contribution in [2.24, 2.45) is 0 Å². The molecule has 2 rings (SSSR count). The van der Waals surface area contributed by atoms with Crippen molar-refractivity contribution < 1.29 is 14.6 Å². The number of aromatic hydroxyl groups is 1. The highest BCUT2D eigenvalue weighted by atomic mass is 16.5. The van der Waals surface area contributed by atoms with Crippen LogP contribution in [0.3, 0.4) is 0 Å². The van der Waals surface area contributed by atoms with E-state index in [1.807, 2.05) is 13.0 Å². The summed E-state index contributed by atoms with van der Waals surface area (Å²) < 4.78 is 5.43. The number of amides is 1. The third-order valence-electron chi connectivity index (χ3n) is 3.67. The Bertz CT molecular complexity index is 447. The van der Waals surface area contributed by atoms with Gasteiger partial charge in [-0.25, -0.2) is 0 Å². The van der Waals surface area contributed by atoms with E-state index in [4.69, 9.17) is 4.74 Å². The molecule has 0 aliphatic heterocycles. The molecule has 0 bridgehead atoms. The summed E-state index contributed by atoms with van der Waals surface area (Å²) in [5, 5.41) is 12.6. The van der Waals surface area contributed by atoms with Gasteiger partial charge >= 0.3 is 0 Å². The molecule has 4 nitrogen and oxygen atoms in total. The molecule has 18 heavy (non-hydrogen) atoms. The topological polar surface area (TPSA) is 58.6 Å². The SMILES string of the molecule is COC1(CNC(=O)c2ccc(C)cc2O)CCC1. The molecule has 0 atom stereocenters. The number of hydrogen-bond acceptors (Lipinski definition) is 3. The Labute approximate surface area is 107 Å². The summed E-state index contributed by atoms with van der Waals surface area (Å²) in [6.07, 6.45) is 3.09. The molecule has 0 radical (unpaired) electrons. The van der Waals surface area contributed by atoms with E-state index in [0.29, 0.717) is 12.1 Å². The maximum absolute atomic E-state index is 12.0. The molecule has 4 heteroatoms. The first-order valence-corrected chi connectivity index (χ1v) is 6.19. The van der Waals surface area contributed by atoms with Crippen LogP contribution in [-0.2, 0) is 4.74 Å². The summed E-state index contributed by atoms with van der Waals surface area (Å²) in [5.41, 5.74) is 1.04. The number of methoxy groups -OCH3 is 1. The van der Waals surface area contributed by atoms with Crippen LogP contribution in [0.1, 0.15) is 35.2 Å². The van der Waals surface area contributed by atoms with Crippen molar-refractivity contribution in [3.63, 3.8) is 0 Å². The average molecular weight is 249 g/mol. The molecule has 1 fully saturated rings. The molecule has 1 aliphatic rings. The molecule has 1 amide bonds. The lowest BCUT2D eigenvalue weighted by molar-refractivity contribution is -0.0679. The summed E-state index contributed by atoms with van der Waals surface area (Å²) in [5.74, 6) is -0.233. The van der Waals surface area contributed by atoms with Crippen LogP contribution in [0, 0.1) is 6.92 Å². The van der Waals surface area contributed by atoms with Crippen LogP contribution in [0.2, 0.25) is 0 Å². The normalized spacial score (nSPS) is 17.0. The largest absolute Gasteiger partial charge is 0.507 e. The second-order valence-corrected chi connectivity index (χ2v) is 4.94. The second-order valence-electron chi connectivity index (χ2n) is 4.94. The fourth-order valence-corrected chi connectivity index (χ4v) is 2.19. The Morgan fingerprint density at radius 3 is 2.72 bits per heavy atom. The van der Waals surface area contributed by atoms with Gasteiger partial charge in [0.2, 0.25) is 0 Å². The summed E-state index contributed by atoms with van der Waals surface area (Å²) >= 11 is 0. The van der Waals surface area contributed by atoms with Crippen molar-refractivity contribution >= 4 is 5.91 Å². The van der Waals surface area contributed by atoms with E-state index in [0.717, 1.165) is 24.8 Å². The first-order valence-electron chi connectivity index (χ1n) is 6.19. The maximum Gasteiger partial charge on any atom is 0.255 e. The quantitative estimate of drug-likeness (QED) is 0.858. The lowest BCUT2D eigenvalue weighted by atomic mass is 9.80. The molecular weight excluding hydrogens is 230 g/mol. The predicted octanol–water partition coefficient (Wildman–Crippen LogP) is 2.00. The van der Waals surface area contributed by atoms with E-state index < -0.39 is 0 Å². The number of rotatable bonds is 4. The van der Waals surface area contributed by atoms with E-state index in [1.165, 1.54) is 0 Å². The van der Waals surface area contributed by atoms with Crippen molar-refractivity contribution in [3.8, 4) is 5.75 Å². The van der Waals surface area contributed by atoms with Gasteiger partial charge in [-0.2, -0.15) is 0 Å². The van der Waals surface area contributed by atoms with E-state index >= 15 is 0 Å². The maximum atomic E-state index is 12.0. The molecule has 2 N–H and O–H groups in total. The lowest BCUT2D eigenvalue weighted by Crippen LogP contribution is -2.49. The lowest BCUT2D eigenvalue weighted by Gasteiger charge is -2.40. The zero-order chi connectivity index (χ0) is 13.2. The van der Waals surface area contributed by atoms with E-state index in [1.54, 1.807) is 19.2 Å². The fourth-order valence-electron chi connectivity index (χ4n) is 2.19. The van der Waals surface area contributed by atoms with Crippen molar-refractivity contribution in [1.82, 2.24) is 5.32 Å². The van der Waals surface area contributed by atoms with E-state index in [2.05, 4.69) is 5.32 Å². The second kappa shape index (κ2) is 4.98. The zero-order valence-corrected chi connectivity index (χ0v) is 10.8. The number of phenolic OH excluding ortho intramolecular Hbond substituents is 1. The molecule has 1 saturated carbocycles. The molecule has 98 valence electrons. The van der Waals surface area contributed by atoms with Gasteiger partial charge in [0.1, 0.15) is 5.75 Å². The van der Waals surface area contributed by atoms with E-state index in [9.17, 15) is 9.90 Å². The first kappa shape index (κ1) is 12.9. The van der Waals surface area contributed by atoms with Crippen LogP contribution < -0.4 is 5.32 Å². The Morgan fingerprint density at radius 2 is 2.22 bits per heavy atom. The first-order chi connectivity index (χ1) is 8.56. The van der Waals surface area contributed by atoms with Crippen LogP contribution >= 0.6 is 0 Å². The van der Waals surface area contributed by atoms with Gasteiger partial charge in [0.25, 0.3) is 5.91 Å². The fraction of sp³-hybridized carbons (Fsp3) is 0.500. The molecule has 0 unspecified atom stereocenters. The summed E-state index contributed by atoms with van der Waals surface area (Å²) in [6.45, 7) is 2.37. The Balaban J connectivity index is 1.99. The van der Waals surface area contributed by atoms with Gasteiger partial charge in [-0.05, 0) is 43.9 Å². The van der Waals surface area contributed by atoms with Crippen LogP contribution in [0.15, 0.2) is 18.2 Å². The Kier molecular flexibility index (Phi) is 3.57. The highest BCUT2D eigenvalue weighted by Crippen LogP contribution is 2.34. The molecule has 1 aliphatic carbocycles. The minimum atomic E-state index is -0.254. The molecule has 1 aromatic carbocycles. The van der Waals surface area contributed by atoms with Crippen molar-refractivity contribution in [1.29, 1.82) is 0 Å². The van der Waals surface area contributed by atoms with Gasteiger partial charge in [-0.3, -0.25) is 4.79 Å². The van der Waals surface area contributed by atoms with Crippen LogP contribution in [0.25, 0.3) is 0 Å². The van der Waals surface area contributed by atoms with E-state index in [-0.39, 0.29) is 17.3 Å². The van der Waals surface area contributed by atoms with Crippen LogP contribution in [0.5, 0.6) is 5.75 Å². The number of benzene rings is 1. The third kappa shape index (κ3) is 2.48. The van der Waals surface area contributed by atoms with Crippen LogP contribution in [-0.4, -0.2) is 30.3 Å². The monoisotopic (exact) mass is 249 g/mol. The predicted molar refractivity (Wildman–Crippen MR) is 68.8 cm³/mol. The molecule has 0 heterocycles. The molecule has 1 aromatic rings. The smallest absolute Gasteiger partial charge is 0.255 e. The van der Waals surface area contributed by atoms with Crippen molar-refractivity contribution in [3.05, 3.63) is 29.3 Å². The van der Waals surface area contributed by atoms with Gasteiger partial charge in [0.05, 0.1) is 11.2 Å². The average Bonchev–Trinajstić information content (AvgIpc) is 2.27. The highest BCUT2D eigenvalue weighted by Gasteiger charge is 2.37. The summed E-state index contributed by atoms with van der Waals surface area (Å²) in [4.78, 5) is 12.0. The van der Waals surface area contributed by atoms with Crippen molar-refractivity contribution in [2.45, 2.75) is 31.8 Å². The number of ether oxygens (including phenoxy) is 1. The Hall–Kier alpha value is -1.55. The van der Waals surface area contributed by atoms with Gasteiger partial charge in [0.15, 0.2) is 0 Å². The number of aryl methyl sites for hydroxylation is 1. The van der Waals surface area contributed by atoms with Gasteiger partial charge in [0, 0.05) is 13.7 Å². The minimum Gasteiger partial charge on any atom is -0.507 e. The number of carbonyl (C=O) groups excluding carboxylic acids is 1. The van der Waals surface area contributed by atoms with Gasteiger partial charge in [-0.1, -0.05) is 6.07 Å². The van der Waals surface area contributed by atoms with Gasteiger partial charge < -0.3 is 15.2 Å². The Morgan fingerprint density at radius 1 is 1.50 bits per heavy atom. The highest BCUT2D eigenvalue weighted by molar-refractivity contribution is 5.96. The molecule has 0 aromatic heterocycles. The molecule has 0 spiro atoms. The summed E-state index contributed by atoms with van der Waals surface area (Å²) in [7, 11) is 1.68. The summed E-state index contributed by atoms with van der Waals surface area (Å²) in [6, 6.07) is 5.04. The number of nitrogens with one attached hydrogen (secondary N) is 1. The standard InChI is InChI=1S/C14H19NO3/c1-10-4-5-11(12(16)8-10)13(17)15-9-14(18-2)6-3-7-14/h4-5,8,16H,3,6-7,9H2,1-2H3,(H,15,17). The van der Waals surface area contributed by atoms with Crippen LogP contribution in [0.4, 0.5) is 0 Å². The molecule has 0 saturated heterocycles. The minimum absolute atomic E-state index is 0.0209. The van der Waals surface area contributed by atoms with Gasteiger partial charge in [-0.15, -0.1) is 0 Å². The zero-order valence-electron chi connectivity index (χ0n) is 10.8. The number of carbonyl (C=O) groups is 1. The third-order valence-corrected chi connectivity index (χ3v) is 3.67. The van der Waals surface area contributed by atoms with Crippen molar-refractivity contribution in [2.75, 3.05) is 13.7 Å². The number of phenols is 1. The molecular formula is C14H19NO3.